The summed E-state index contributed by atoms with van der Waals surface area (Å²) in [6.45, 7) is 19.3. The zero-order chi connectivity index (χ0) is 19.9. The summed E-state index contributed by atoms with van der Waals surface area (Å²) in [5.74, 6) is 0. The summed E-state index contributed by atoms with van der Waals surface area (Å²) in [4.78, 5) is 0. The molecule has 0 amide bonds. The number of ether oxygens (including phenoxy) is 1. The summed E-state index contributed by atoms with van der Waals surface area (Å²) in [5.41, 5.74) is 2.41. The van der Waals surface area contributed by atoms with Crippen molar-refractivity contribution in [2.24, 2.45) is 0 Å². The van der Waals surface area contributed by atoms with Gasteiger partial charge in [-0.2, -0.15) is 0 Å². The minimum atomic E-state index is -0.865. The van der Waals surface area contributed by atoms with Crippen molar-refractivity contribution in [2.45, 2.75) is 92.8 Å². The first-order valence-electron chi connectivity index (χ1n) is 9.75. The molecule has 1 aromatic carbocycles. The molecule has 150 valence electrons. The monoisotopic (exact) mass is 382 g/mol. The van der Waals surface area contributed by atoms with Crippen LogP contribution < -0.4 is 0 Å². The first kappa shape index (κ1) is 23.5. The van der Waals surface area contributed by atoms with Crippen LogP contribution in [0.2, 0.25) is 0 Å². The molecule has 5 heteroatoms. The van der Waals surface area contributed by atoms with E-state index >= 15 is 0 Å². The molecule has 0 saturated carbocycles. The maximum atomic E-state index is 6.65. The van der Waals surface area contributed by atoms with Crippen LogP contribution in [-0.4, -0.2) is 40.6 Å². The second-order valence-electron chi connectivity index (χ2n) is 7.86. The molecule has 1 aromatic rings. The Labute approximate surface area is 162 Å². The molecule has 0 saturated heterocycles. The predicted octanol–water partition coefficient (Wildman–Crippen LogP) is 5.81. The van der Waals surface area contributed by atoms with Crippen LogP contribution in [0.1, 0.15) is 66.5 Å². The normalized spacial score (nSPS) is 12.8. The number of rotatable bonds is 11. The van der Waals surface area contributed by atoms with Crippen LogP contribution in [0.15, 0.2) is 24.3 Å². The first-order valence-corrected chi connectivity index (χ1v) is 10.9. The average molecular weight is 383 g/mol. The van der Waals surface area contributed by atoms with Crippen LogP contribution in [0.4, 0.5) is 0 Å². The molecule has 0 bridgehead atoms. The van der Waals surface area contributed by atoms with Crippen molar-refractivity contribution >= 4 is 8.45 Å². The Kier molecular flexibility index (Phi) is 10.3. The Morgan fingerprint density at radius 3 is 1.46 bits per heavy atom. The SMILES string of the molecule is COCc1ccccc1COP(N(C(C)C)C(C)C)N(C(C)C)C(C)C. The van der Waals surface area contributed by atoms with Gasteiger partial charge in [-0.25, -0.2) is 9.34 Å². The number of hydrogen-bond donors (Lipinski definition) is 0. The number of nitrogens with zero attached hydrogens (tertiary/aromatic N) is 2. The lowest BCUT2D eigenvalue weighted by Gasteiger charge is -2.45. The summed E-state index contributed by atoms with van der Waals surface area (Å²) in [6.07, 6.45) is 0. The number of benzene rings is 1. The molecular formula is C21H39N2O2P. The molecule has 1 rings (SSSR count). The van der Waals surface area contributed by atoms with E-state index in [2.05, 4.69) is 89.0 Å². The molecule has 0 aromatic heterocycles. The fourth-order valence-electron chi connectivity index (χ4n) is 3.36. The molecule has 0 spiro atoms. The molecule has 0 aliphatic carbocycles. The van der Waals surface area contributed by atoms with Crippen molar-refractivity contribution in [3.63, 3.8) is 0 Å². The lowest BCUT2D eigenvalue weighted by molar-refractivity contribution is 0.173. The predicted molar refractivity (Wildman–Crippen MR) is 113 cm³/mol. The van der Waals surface area contributed by atoms with Gasteiger partial charge in [-0.3, -0.25) is 0 Å². The van der Waals surface area contributed by atoms with Crippen molar-refractivity contribution in [2.75, 3.05) is 7.11 Å². The summed E-state index contributed by atoms with van der Waals surface area (Å²) in [5, 5.41) is 0. The average Bonchev–Trinajstić information content (AvgIpc) is 2.52. The smallest absolute Gasteiger partial charge is 0.189 e. The highest BCUT2D eigenvalue weighted by molar-refractivity contribution is 7.47. The van der Waals surface area contributed by atoms with E-state index < -0.39 is 8.45 Å². The topological polar surface area (TPSA) is 24.9 Å². The molecular weight excluding hydrogens is 343 g/mol. The van der Waals surface area contributed by atoms with E-state index in [4.69, 9.17) is 9.26 Å². The van der Waals surface area contributed by atoms with E-state index in [9.17, 15) is 0 Å². The second kappa shape index (κ2) is 11.4. The fourth-order valence-corrected chi connectivity index (χ4v) is 5.70. The van der Waals surface area contributed by atoms with Crippen LogP contribution in [0, 0.1) is 0 Å². The zero-order valence-electron chi connectivity index (χ0n) is 18.2. The summed E-state index contributed by atoms with van der Waals surface area (Å²) < 4.78 is 17.0. The van der Waals surface area contributed by atoms with E-state index in [0.717, 1.165) is 0 Å². The van der Waals surface area contributed by atoms with Gasteiger partial charge in [-0.1, -0.05) is 24.3 Å². The Balaban J connectivity index is 3.13. The maximum Gasteiger partial charge on any atom is 0.189 e. The molecule has 0 radical (unpaired) electrons. The highest BCUT2D eigenvalue weighted by Crippen LogP contribution is 2.51. The Morgan fingerprint density at radius 2 is 1.12 bits per heavy atom. The third-order valence-electron chi connectivity index (χ3n) is 4.27. The van der Waals surface area contributed by atoms with Crippen LogP contribution in [0.25, 0.3) is 0 Å². The quantitative estimate of drug-likeness (QED) is 0.451. The molecule has 0 N–H and O–H groups in total. The van der Waals surface area contributed by atoms with Crippen LogP contribution >= 0.6 is 8.45 Å². The summed E-state index contributed by atoms with van der Waals surface area (Å²) in [6, 6.07) is 10.1. The Morgan fingerprint density at radius 1 is 0.731 bits per heavy atom. The molecule has 0 atom stereocenters. The lowest BCUT2D eigenvalue weighted by Crippen LogP contribution is -2.43. The minimum absolute atomic E-state index is 0.426. The van der Waals surface area contributed by atoms with E-state index in [-0.39, 0.29) is 0 Å². The third kappa shape index (κ3) is 6.58. The van der Waals surface area contributed by atoms with Gasteiger partial charge in [0.05, 0.1) is 13.2 Å². The molecule has 26 heavy (non-hydrogen) atoms. The van der Waals surface area contributed by atoms with Crippen LogP contribution in [0.5, 0.6) is 0 Å². The van der Waals surface area contributed by atoms with Gasteiger partial charge in [0.15, 0.2) is 8.45 Å². The van der Waals surface area contributed by atoms with E-state index in [1.807, 2.05) is 0 Å². The van der Waals surface area contributed by atoms with Gasteiger partial charge in [0.2, 0.25) is 0 Å². The molecule has 0 fully saturated rings. The van der Waals surface area contributed by atoms with Gasteiger partial charge in [0.25, 0.3) is 0 Å². The number of methoxy groups -OCH3 is 1. The molecule has 4 nitrogen and oxygen atoms in total. The standard InChI is InChI=1S/C21H39N2O2P/c1-16(2)22(17(3)4)26(23(18(5)6)19(7)8)25-15-21-13-11-10-12-20(21)14-24-9/h10-13,16-19H,14-15H2,1-9H3. The highest BCUT2D eigenvalue weighted by Gasteiger charge is 2.34. The van der Waals surface area contributed by atoms with Gasteiger partial charge >= 0.3 is 0 Å². The van der Waals surface area contributed by atoms with Crippen LogP contribution in [-0.2, 0) is 22.5 Å². The Hall–Kier alpha value is -0.510. The second-order valence-corrected chi connectivity index (χ2v) is 9.55. The molecule has 0 heterocycles. The maximum absolute atomic E-state index is 6.65. The van der Waals surface area contributed by atoms with Gasteiger partial charge in [0.1, 0.15) is 0 Å². The Bertz CT molecular complexity index is 484. The van der Waals surface area contributed by atoms with Crippen molar-refractivity contribution < 1.29 is 9.26 Å². The molecule has 0 unspecified atom stereocenters. The van der Waals surface area contributed by atoms with Gasteiger partial charge < -0.3 is 9.26 Å². The number of hydrogen-bond acceptors (Lipinski definition) is 4. The lowest BCUT2D eigenvalue weighted by atomic mass is 10.1. The van der Waals surface area contributed by atoms with Crippen molar-refractivity contribution in [1.82, 2.24) is 9.34 Å². The van der Waals surface area contributed by atoms with Crippen LogP contribution in [0.3, 0.4) is 0 Å². The van der Waals surface area contributed by atoms with Gasteiger partial charge in [-0.15, -0.1) is 0 Å². The first-order chi connectivity index (χ1) is 12.2. The summed E-state index contributed by atoms with van der Waals surface area (Å²) in [7, 11) is 0.874. The van der Waals surface area contributed by atoms with Crippen molar-refractivity contribution in [3.8, 4) is 0 Å². The van der Waals surface area contributed by atoms with E-state index in [1.165, 1.54) is 11.1 Å². The van der Waals surface area contributed by atoms with Gasteiger partial charge in [0, 0.05) is 31.3 Å². The largest absolute Gasteiger partial charge is 0.380 e. The van der Waals surface area contributed by atoms with E-state index in [1.54, 1.807) is 7.11 Å². The fraction of sp³-hybridized carbons (Fsp3) is 0.714. The van der Waals surface area contributed by atoms with E-state index in [0.29, 0.717) is 37.4 Å². The van der Waals surface area contributed by atoms with Gasteiger partial charge in [-0.05, 0) is 66.5 Å². The van der Waals surface area contributed by atoms with Crippen molar-refractivity contribution in [3.05, 3.63) is 35.4 Å². The highest BCUT2D eigenvalue weighted by atomic mass is 31.2. The summed E-state index contributed by atoms with van der Waals surface area (Å²) >= 11 is 0. The molecule has 0 aliphatic heterocycles. The zero-order valence-corrected chi connectivity index (χ0v) is 19.1. The minimum Gasteiger partial charge on any atom is -0.380 e. The van der Waals surface area contributed by atoms with Crippen molar-refractivity contribution in [1.29, 1.82) is 0 Å². The third-order valence-corrected chi connectivity index (χ3v) is 7.26. The molecule has 0 aliphatic rings.